The van der Waals surface area contributed by atoms with Crippen LogP contribution in [0.5, 0.6) is 0 Å². The van der Waals surface area contributed by atoms with Crippen molar-refractivity contribution in [3.05, 3.63) is 57.5 Å². The summed E-state index contributed by atoms with van der Waals surface area (Å²) in [6.45, 7) is 3.36. The van der Waals surface area contributed by atoms with Gasteiger partial charge in [0.05, 0.1) is 34.5 Å². The molecule has 2 aromatic heterocycles. The zero-order valence-corrected chi connectivity index (χ0v) is 18.2. The van der Waals surface area contributed by atoms with Crippen molar-refractivity contribution in [1.29, 1.82) is 0 Å². The van der Waals surface area contributed by atoms with E-state index in [1.807, 2.05) is 17.0 Å². The SMILES string of the molecule is O=C(CCc1ncc(F)cn1)N1CCn2c(c(C3CNNC3)c3ccc(Cl)c(Cl)c32)C1. The molecule has 10 heteroatoms. The van der Waals surface area contributed by atoms with E-state index in [0.29, 0.717) is 41.9 Å². The number of amides is 1. The smallest absolute Gasteiger partial charge is 0.223 e. The first-order chi connectivity index (χ1) is 15.0. The van der Waals surface area contributed by atoms with E-state index in [1.54, 1.807) is 0 Å². The van der Waals surface area contributed by atoms with Gasteiger partial charge >= 0.3 is 0 Å². The zero-order valence-electron chi connectivity index (χ0n) is 16.7. The van der Waals surface area contributed by atoms with Gasteiger partial charge in [0.1, 0.15) is 5.82 Å². The third-order valence-electron chi connectivity index (χ3n) is 6.02. The molecular weight excluding hydrogens is 442 g/mol. The van der Waals surface area contributed by atoms with Crippen LogP contribution < -0.4 is 10.9 Å². The van der Waals surface area contributed by atoms with Gasteiger partial charge in [-0.3, -0.25) is 15.6 Å². The van der Waals surface area contributed by atoms with E-state index in [-0.39, 0.29) is 18.2 Å². The summed E-state index contributed by atoms with van der Waals surface area (Å²) in [5.41, 5.74) is 9.65. The fourth-order valence-electron chi connectivity index (χ4n) is 4.54. The van der Waals surface area contributed by atoms with Crippen LogP contribution in [-0.4, -0.2) is 45.0 Å². The van der Waals surface area contributed by atoms with Crippen molar-refractivity contribution in [1.82, 2.24) is 30.3 Å². The van der Waals surface area contributed by atoms with Crippen molar-refractivity contribution < 1.29 is 9.18 Å². The van der Waals surface area contributed by atoms with Crippen molar-refractivity contribution in [3.8, 4) is 0 Å². The molecule has 31 heavy (non-hydrogen) atoms. The molecule has 0 unspecified atom stereocenters. The topological polar surface area (TPSA) is 75.1 Å². The molecule has 162 valence electrons. The predicted octanol–water partition coefficient (Wildman–Crippen LogP) is 3.04. The van der Waals surface area contributed by atoms with Gasteiger partial charge in [0.25, 0.3) is 0 Å². The van der Waals surface area contributed by atoms with Gasteiger partial charge in [-0.2, -0.15) is 0 Å². The summed E-state index contributed by atoms with van der Waals surface area (Å²) in [4.78, 5) is 22.7. The molecule has 3 aromatic rings. The summed E-state index contributed by atoms with van der Waals surface area (Å²) in [5.74, 6) is 0.285. The fourth-order valence-corrected chi connectivity index (χ4v) is 4.95. The van der Waals surface area contributed by atoms with Crippen molar-refractivity contribution >= 4 is 40.0 Å². The van der Waals surface area contributed by atoms with Crippen LogP contribution in [0.15, 0.2) is 24.5 Å². The summed E-state index contributed by atoms with van der Waals surface area (Å²) in [7, 11) is 0. The summed E-state index contributed by atoms with van der Waals surface area (Å²) in [6.07, 6.45) is 2.90. The standard InChI is InChI=1S/C21H21Cl2FN6O/c22-15-2-1-14-19(12-7-27-28-8-12)16-11-29(5-6-30(16)21(14)20(15)23)18(31)4-3-17-25-9-13(24)10-26-17/h1-2,9-10,12,27-28H,3-8,11H2. The molecule has 1 fully saturated rings. The van der Waals surface area contributed by atoms with Crippen LogP contribution in [-0.2, 0) is 24.3 Å². The molecule has 1 saturated heterocycles. The maximum absolute atomic E-state index is 13.0. The number of hydrogen-bond acceptors (Lipinski definition) is 5. The van der Waals surface area contributed by atoms with Crippen molar-refractivity contribution in [2.45, 2.75) is 31.8 Å². The molecular formula is C21H21Cl2FN6O. The number of benzene rings is 1. The number of aromatic nitrogens is 3. The average molecular weight is 463 g/mol. The minimum Gasteiger partial charge on any atom is -0.340 e. The van der Waals surface area contributed by atoms with Crippen LogP contribution in [0.2, 0.25) is 10.0 Å². The Hall–Kier alpha value is -2.26. The van der Waals surface area contributed by atoms with Gasteiger partial charge in [-0.25, -0.2) is 14.4 Å². The maximum atomic E-state index is 13.0. The highest BCUT2D eigenvalue weighted by molar-refractivity contribution is 6.45. The van der Waals surface area contributed by atoms with Crippen LogP contribution in [0, 0.1) is 5.82 Å². The van der Waals surface area contributed by atoms with Gasteiger partial charge in [0.2, 0.25) is 5.91 Å². The Morgan fingerprint density at radius 2 is 1.90 bits per heavy atom. The van der Waals surface area contributed by atoms with Crippen molar-refractivity contribution in [3.63, 3.8) is 0 Å². The number of nitrogens with zero attached hydrogens (tertiary/aromatic N) is 4. The third kappa shape index (κ3) is 3.78. The van der Waals surface area contributed by atoms with E-state index in [2.05, 4.69) is 25.4 Å². The van der Waals surface area contributed by atoms with E-state index in [0.717, 1.165) is 42.1 Å². The van der Waals surface area contributed by atoms with Crippen LogP contribution in [0.3, 0.4) is 0 Å². The Balaban J connectivity index is 1.43. The highest BCUT2D eigenvalue weighted by Crippen LogP contribution is 2.40. The fraction of sp³-hybridized carbons (Fsp3) is 0.381. The van der Waals surface area contributed by atoms with Crippen LogP contribution in [0.1, 0.15) is 29.4 Å². The molecule has 2 N–H and O–H groups in total. The van der Waals surface area contributed by atoms with Crippen molar-refractivity contribution in [2.75, 3.05) is 19.6 Å². The molecule has 0 bridgehead atoms. The number of fused-ring (bicyclic) bond motifs is 3. The minimum absolute atomic E-state index is 0.0298. The molecule has 1 aromatic carbocycles. The number of nitrogens with one attached hydrogen (secondary N) is 2. The number of rotatable bonds is 4. The average Bonchev–Trinajstić information content (AvgIpc) is 3.41. The van der Waals surface area contributed by atoms with E-state index in [9.17, 15) is 9.18 Å². The number of hydrogen-bond donors (Lipinski definition) is 2. The van der Waals surface area contributed by atoms with Crippen LogP contribution in [0.4, 0.5) is 4.39 Å². The van der Waals surface area contributed by atoms with E-state index in [4.69, 9.17) is 23.2 Å². The highest BCUT2D eigenvalue weighted by Gasteiger charge is 2.32. The second-order valence-corrected chi connectivity index (χ2v) is 8.65. The Morgan fingerprint density at radius 1 is 1.16 bits per heavy atom. The second-order valence-electron chi connectivity index (χ2n) is 7.86. The van der Waals surface area contributed by atoms with Gasteiger partial charge in [-0.05, 0) is 11.6 Å². The summed E-state index contributed by atoms with van der Waals surface area (Å²) >= 11 is 12.9. The lowest BCUT2D eigenvalue weighted by atomic mass is 9.96. The molecule has 0 aliphatic carbocycles. The first-order valence-corrected chi connectivity index (χ1v) is 11.0. The largest absolute Gasteiger partial charge is 0.340 e. The Kier molecular flexibility index (Phi) is 5.56. The van der Waals surface area contributed by atoms with E-state index < -0.39 is 5.82 Å². The first kappa shape index (κ1) is 20.6. The minimum atomic E-state index is -0.485. The molecule has 2 aliphatic rings. The third-order valence-corrected chi connectivity index (χ3v) is 6.81. The molecule has 2 aliphatic heterocycles. The quantitative estimate of drug-likeness (QED) is 0.623. The molecule has 0 spiro atoms. The Bertz CT molecular complexity index is 1140. The Morgan fingerprint density at radius 3 is 2.65 bits per heavy atom. The Labute approximate surface area is 188 Å². The molecule has 7 nitrogen and oxygen atoms in total. The number of carbonyl (C=O) groups excluding carboxylic acids is 1. The summed E-state index contributed by atoms with van der Waals surface area (Å²) < 4.78 is 15.2. The van der Waals surface area contributed by atoms with E-state index >= 15 is 0 Å². The summed E-state index contributed by atoms with van der Waals surface area (Å²) in [5, 5.41) is 2.18. The first-order valence-electron chi connectivity index (χ1n) is 10.2. The number of halogens is 3. The highest BCUT2D eigenvalue weighted by atomic mass is 35.5. The van der Waals surface area contributed by atoms with Gasteiger partial charge < -0.3 is 9.47 Å². The summed E-state index contributed by atoms with van der Waals surface area (Å²) in [6, 6.07) is 3.86. The molecule has 0 saturated carbocycles. The number of carbonyl (C=O) groups is 1. The molecule has 0 radical (unpaired) electrons. The number of aryl methyl sites for hydroxylation is 1. The second kappa shape index (κ2) is 8.35. The molecule has 1 amide bonds. The lowest BCUT2D eigenvalue weighted by Gasteiger charge is -2.30. The lowest BCUT2D eigenvalue weighted by Crippen LogP contribution is -2.38. The van der Waals surface area contributed by atoms with Crippen LogP contribution in [0.25, 0.3) is 10.9 Å². The normalized spacial score (nSPS) is 16.8. The van der Waals surface area contributed by atoms with Crippen molar-refractivity contribution in [2.24, 2.45) is 0 Å². The predicted molar refractivity (Wildman–Crippen MR) is 116 cm³/mol. The van der Waals surface area contributed by atoms with Gasteiger partial charge in [0.15, 0.2) is 5.82 Å². The molecule has 0 atom stereocenters. The van der Waals surface area contributed by atoms with Gasteiger partial charge in [-0.15, -0.1) is 0 Å². The zero-order chi connectivity index (χ0) is 21.5. The monoisotopic (exact) mass is 462 g/mol. The van der Waals surface area contributed by atoms with Gasteiger partial charge in [0, 0.05) is 56.0 Å². The molecule has 4 heterocycles. The van der Waals surface area contributed by atoms with Crippen LogP contribution >= 0.6 is 23.2 Å². The lowest BCUT2D eigenvalue weighted by molar-refractivity contribution is -0.132. The maximum Gasteiger partial charge on any atom is 0.223 e. The number of hydrazine groups is 1. The molecule has 5 rings (SSSR count). The van der Waals surface area contributed by atoms with E-state index in [1.165, 1.54) is 5.56 Å². The van der Waals surface area contributed by atoms with Gasteiger partial charge in [-0.1, -0.05) is 29.3 Å².